The lowest BCUT2D eigenvalue weighted by atomic mass is 10.3. The number of rotatable bonds is 7. The molecule has 0 heterocycles. The lowest BCUT2D eigenvalue weighted by molar-refractivity contribution is -0.120. The molecule has 0 aromatic heterocycles. The summed E-state index contributed by atoms with van der Waals surface area (Å²) in [6.45, 7) is 6.86. The van der Waals surface area contributed by atoms with Crippen molar-refractivity contribution in [2.45, 2.75) is 38.5 Å². The fourth-order valence-electron chi connectivity index (χ4n) is 0.940. The van der Waals surface area contributed by atoms with Crippen molar-refractivity contribution in [1.29, 1.82) is 0 Å². The average molecular weight is 234 g/mol. The third-order valence-electron chi connectivity index (χ3n) is 2.11. The van der Waals surface area contributed by atoms with Crippen LogP contribution in [0.2, 0.25) is 0 Å². The summed E-state index contributed by atoms with van der Waals surface area (Å²) in [4.78, 5) is 11.2. The Morgan fingerprint density at radius 1 is 1.33 bits per heavy atom. The largest absolute Gasteiger partial charge is 0.355 e. The molecule has 0 aliphatic carbocycles. The molecule has 2 atom stereocenters. The van der Waals surface area contributed by atoms with Gasteiger partial charge in [-0.2, -0.15) is 0 Å². The predicted octanol–water partition coefficient (Wildman–Crippen LogP) is 0.258. The Labute approximate surface area is 94.7 Å². The van der Waals surface area contributed by atoms with Crippen LogP contribution in [0.4, 0.5) is 0 Å². The van der Waals surface area contributed by atoms with E-state index < -0.39 is 10.8 Å². The Bertz CT molecular complexity index is 219. The van der Waals surface area contributed by atoms with Crippen LogP contribution >= 0.6 is 0 Å². The van der Waals surface area contributed by atoms with Crippen molar-refractivity contribution in [1.82, 2.24) is 10.6 Å². The van der Waals surface area contributed by atoms with Crippen LogP contribution in [0.1, 0.15) is 27.2 Å². The summed E-state index contributed by atoms with van der Waals surface area (Å²) in [7, 11) is -0.803. The second-order valence-electron chi connectivity index (χ2n) is 3.98. The normalized spacial score (nSPS) is 15.0. The highest BCUT2D eigenvalue weighted by atomic mass is 32.2. The van der Waals surface area contributed by atoms with Gasteiger partial charge in [-0.1, -0.05) is 20.8 Å². The summed E-state index contributed by atoms with van der Waals surface area (Å²) in [6.07, 6.45) is 2.45. The van der Waals surface area contributed by atoms with Crippen LogP contribution < -0.4 is 10.6 Å². The maximum atomic E-state index is 11.2. The molecule has 2 unspecified atom stereocenters. The Hall–Kier alpha value is -0.420. The smallest absolute Gasteiger partial charge is 0.233 e. The van der Waals surface area contributed by atoms with E-state index in [0.29, 0.717) is 19.1 Å². The third kappa shape index (κ3) is 8.57. The molecular formula is C10H22N2O2S. The minimum atomic E-state index is -0.803. The molecule has 0 aliphatic rings. The van der Waals surface area contributed by atoms with E-state index in [1.807, 2.05) is 20.8 Å². The van der Waals surface area contributed by atoms with Crippen LogP contribution in [0, 0.1) is 0 Å². The van der Waals surface area contributed by atoms with Gasteiger partial charge >= 0.3 is 0 Å². The maximum absolute atomic E-state index is 11.2. The van der Waals surface area contributed by atoms with Crippen LogP contribution in [-0.4, -0.2) is 40.8 Å². The second-order valence-corrected chi connectivity index (χ2v) is 5.79. The Kier molecular flexibility index (Phi) is 7.60. The van der Waals surface area contributed by atoms with Crippen LogP contribution in [-0.2, 0) is 15.6 Å². The molecule has 0 saturated heterocycles. The molecule has 0 spiro atoms. The summed E-state index contributed by atoms with van der Waals surface area (Å²) in [6, 6.07) is 0.317. The van der Waals surface area contributed by atoms with Gasteiger partial charge in [0.05, 0.1) is 6.54 Å². The minimum Gasteiger partial charge on any atom is -0.355 e. The number of hydrogen-bond acceptors (Lipinski definition) is 3. The van der Waals surface area contributed by atoms with Crippen molar-refractivity contribution in [3.8, 4) is 0 Å². The van der Waals surface area contributed by atoms with Gasteiger partial charge in [-0.3, -0.25) is 9.00 Å². The standard InChI is InChI=1S/C10H22N2O2S/c1-8(2)12-7-10(13)11-6-5-9(3)15(4)14/h8-9,12H,5-7H2,1-4H3,(H,11,13). The van der Waals surface area contributed by atoms with Gasteiger partial charge < -0.3 is 10.6 Å². The van der Waals surface area contributed by atoms with Gasteiger partial charge in [-0.05, 0) is 6.42 Å². The minimum absolute atomic E-state index is 0.00205. The van der Waals surface area contributed by atoms with Crippen molar-refractivity contribution in [2.75, 3.05) is 19.3 Å². The number of nitrogens with one attached hydrogen (secondary N) is 2. The van der Waals surface area contributed by atoms with Crippen molar-refractivity contribution in [2.24, 2.45) is 0 Å². The van der Waals surface area contributed by atoms with Gasteiger partial charge in [0, 0.05) is 34.9 Å². The van der Waals surface area contributed by atoms with E-state index in [1.54, 1.807) is 6.26 Å². The molecule has 5 heteroatoms. The second kappa shape index (κ2) is 7.82. The molecule has 2 N–H and O–H groups in total. The molecule has 0 bridgehead atoms. The van der Waals surface area contributed by atoms with Crippen molar-refractivity contribution in [3.05, 3.63) is 0 Å². The highest BCUT2D eigenvalue weighted by Crippen LogP contribution is 1.96. The molecule has 15 heavy (non-hydrogen) atoms. The molecule has 1 amide bonds. The van der Waals surface area contributed by atoms with Crippen LogP contribution in [0.3, 0.4) is 0 Å². The van der Waals surface area contributed by atoms with Gasteiger partial charge in [-0.15, -0.1) is 0 Å². The Morgan fingerprint density at radius 2 is 1.93 bits per heavy atom. The molecule has 0 aromatic carbocycles. The molecule has 90 valence electrons. The fourth-order valence-corrected chi connectivity index (χ4v) is 1.39. The first-order valence-electron chi connectivity index (χ1n) is 5.25. The van der Waals surface area contributed by atoms with Crippen molar-refractivity contribution < 1.29 is 9.00 Å². The molecular weight excluding hydrogens is 212 g/mol. The van der Waals surface area contributed by atoms with E-state index in [1.165, 1.54) is 0 Å². The lowest BCUT2D eigenvalue weighted by Gasteiger charge is -2.10. The molecule has 0 rings (SSSR count). The molecule has 0 aliphatic heterocycles. The fraction of sp³-hybridized carbons (Fsp3) is 0.900. The first-order chi connectivity index (χ1) is 6.93. The summed E-state index contributed by atoms with van der Waals surface area (Å²) in [5, 5.41) is 5.96. The summed E-state index contributed by atoms with van der Waals surface area (Å²) >= 11 is 0. The van der Waals surface area contributed by atoms with Gasteiger partial charge in [0.25, 0.3) is 0 Å². The summed E-state index contributed by atoms with van der Waals surface area (Å²) in [5.41, 5.74) is 0. The van der Waals surface area contributed by atoms with Gasteiger partial charge in [-0.25, -0.2) is 0 Å². The van der Waals surface area contributed by atoms with E-state index in [2.05, 4.69) is 10.6 Å². The number of carbonyl (C=O) groups excluding carboxylic acids is 1. The first kappa shape index (κ1) is 14.6. The number of carbonyl (C=O) groups is 1. The average Bonchev–Trinajstić information content (AvgIpc) is 2.14. The molecule has 0 radical (unpaired) electrons. The maximum Gasteiger partial charge on any atom is 0.233 e. The zero-order valence-electron chi connectivity index (χ0n) is 10.0. The van der Waals surface area contributed by atoms with Crippen LogP contribution in [0.25, 0.3) is 0 Å². The number of hydrogen-bond donors (Lipinski definition) is 2. The molecule has 0 saturated carbocycles. The first-order valence-corrected chi connectivity index (χ1v) is 6.88. The van der Waals surface area contributed by atoms with E-state index >= 15 is 0 Å². The SMILES string of the molecule is CC(C)NCC(=O)NCCC(C)S(C)=O. The summed E-state index contributed by atoms with van der Waals surface area (Å²) in [5.74, 6) is -0.00205. The van der Waals surface area contributed by atoms with E-state index in [9.17, 15) is 9.00 Å². The zero-order valence-corrected chi connectivity index (χ0v) is 10.8. The van der Waals surface area contributed by atoms with Crippen LogP contribution in [0.5, 0.6) is 0 Å². The Morgan fingerprint density at radius 3 is 2.40 bits per heavy atom. The van der Waals surface area contributed by atoms with E-state index in [0.717, 1.165) is 6.42 Å². The van der Waals surface area contributed by atoms with Gasteiger partial charge in [0.15, 0.2) is 0 Å². The third-order valence-corrected chi connectivity index (χ3v) is 3.48. The number of amides is 1. The topological polar surface area (TPSA) is 58.2 Å². The van der Waals surface area contributed by atoms with Crippen LogP contribution in [0.15, 0.2) is 0 Å². The monoisotopic (exact) mass is 234 g/mol. The predicted molar refractivity (Wildman–Crippen MR) is 64.3 cm³/mol. The highest BCUT2D eigenvalue weighted by Gasteiger charge is 2.07. The van der Waals surface area contributed by atoms with Crippen molar-refractivity contribution >= 4 is 16.7 Å². The van der Waals surface area contributed by atoms with E-state index in [-0.39, 0.29) is 11.2 Å². The Balaban J connectivity index is 3.51. The lowest BCUT2D eigenvalue weighted by Crippen LogP contribution is -2.37. The molecule has 4 nitrogen and oxygen atoms in total. The zero-order chi connectivity index (χ0) is 11.8. The highest BCUT2D eigenvalue weighted by molar-refractivity contribution is 7.84. The summed E-state index contributed by atoms with van der Waals surface area (Å²) < 4.78 is 11.0. The molecule has 0 aromatic rings. The quantitative estimate of drug-likeness (QED) is 0.664. The van der Waals surface area contributed by atoms with Gasteiger partial charge in [0.1, 0.15) is 0 Å². The van der Waals surface area contributed by atoms with E-state index in [4.69, 9.17) is 0 Å². The molecule has 0 fully saturated rings. The van der Waals surface area contributed by atoms with Crippen molar-refractivity contribution in [3.63, 3.8) is 0 Å². The van der Waals surface area contributed by atoms with Gasteiger partial charge in [0.2, 0.25) is 5.91 Å².